The van der Waals surface area contributed by atoms with Crippen molar-refractivity contribution in [3.63, 3.8) is 0 Å². The topological polar surface area (TPSA) is 93.1 Å². The average molecular weight is 500 g/mol. The highest BCUT2D eigenvalue weighted by Crippen LogP contribution is 2.40. The molecule has 0 aromatic heterocycles. The molecule has 0 aliphatic carbocycles. The first-order chi connectivity index (χ1) is 15.4. The van der Waals surface area contributed by atoms with E-state index in [9.17, 15) is 19.5 Å². The predicted molar refractivity (Wildman–Crippen MR) is 120 cm³/mol. The van der Waals surface area contributed by atoms with E-state index in [-0.39, 0.29) is 24.0 Å². The maximum atomic E-state index is 13.0. The molecule has 166 valence electrons. The maximum absolute atomic E-state index is 13.0. The van der Waals surface area contributed by atoms with Gasteiger partial charge in [-0.2, -0.15) is 0 Å². The van der Waals surface area contributed by atoms with Crippen LogP contribution in [0.5, 0.6) is 0 Å². The normalized spacial score (nSPS) is 22.4. The number of ether oxygens (including phenoxy) is 2. The Balaban J connectivity index is 1.80. The smallest absolute Gasteiger partial charge is 0.337 e. The van der Waals surface area contributed by atoms with Crippen LogP contribution in [0.15, 0.2) is 58.6 Å². The Hall–Kier alpha value is -2.97. The highest BCUT2D eigenvalue weighted by Gasteiger charge is 2.47. The molecule has 2 aromatic rings. The number of rotatable bonds is 5. The van der Waals surface area contributed by atoms with Gasteiger partial charge in [0.05, 0.1) is 30.4 Å². The highest BCUT2D eigenvalue weighted by atomic mass is 79.9. The van der Waals surface area contributed by atoms with E-state index in [0.717, 1.165) is 17.3 Å². The molecule has 8 heteroatoms. The molecule has 0 bridgehead atoms. The molecule has 32 heavy (non-hydrogen) atoms. The second-order valence-corrected chi connectivity index (χ2v) is 8.62. The van der Waals surface area contributed by atoms with E-state index >= 15 is 0 Å². The van der Waals surface area contributed by atoms with Gasteiger partial charge >= 0.3 is 5.97 Å². The quantitative estimate of drug-likeness (QED) is 0.290. The molecule has 2 aliphatic rings. The Morgan fingerprint density at radius 1 is 1.12 bits per heavy atom. The van der Waals surface area contributed by atoms with Crippen molar-refractivity contribution in [2.75, 3.05) is 20.3 Å². The summed E-state index contributed by atoms with van der Waals surface area (Å²) < 4.78 is 11.3. The summed E-state index contributed by atoms with van der Waals surface area (Å²) in [4.78, 5) is 39.3. The number of amides is 1. The summed E-state index contributed by atoms with van der Waals surface area (Å²) in [6.07, 6.45) is 1.52. The van der Waals surface area contributed by atoms with E-state index in [1.54, 1.807) is 48.5 Å². The van der Waals surface area contributed by atoms with E-state index in [0.29, 0.717) is 23.3 Å². The van der Waals surface area contributed by atoms with Gasteiger partial charge in [-0.25, -0.2) is 4.79 Å². The van der Waals surface area contributed by atoms with Crippen LogP contribution in [0.3, 0.4) is 0 Å². The van der Waals surface area contributed by atoms with Crippen LogP contribution in [0.4, 0.5) is 0 Å². The van der Waals surface area contributed by atoms with Gasteiger partial charge in [0.2, 0.25) is 0 Å². The number of aliphatic hydroxyl groups is 1. The van der Waals surface area contributed by atoms with Crippen molar-refractivity contribution in [1.29, 1.82) is 0 Å². The van der Waals surface area contributed by atoms with Gasteiger partial charge in [-0.15, -0.1) is 0 Å². The zero-order chi connectivity index (χ0) is 22.8. The molecule has 2 saturated heterocycles. The van der Waals surface area contributed by atoms with Crippen LogP contribution >= 0.6 is 15.9 Å². The molecule has 2 aromatic carbocycles. The van der Waals surface area contributed by atoms with Gasteiger partial charge in [0, 0.05) is 23.2 Å². The summed E-state index contributed by atoms with van der Waals surface area (Å²) >= 11 is 3.35. The lowest BCUT2D eigenvalue weighted by atomic mass is 9.94. The maximum Gasteiger partial charge on any atom is 0.337 e. The number of aliphatic hydroxyl groups excluding tert-OH is 1. The summed E-state index contributed by atoms with van der Waals surface area (Å²) in [5.41, 5.74) is 1.40. The van der Waals surface area contributed by atoms with Crippen molar-refractivity contribution >= 4 is 39.3 Å². The molecular formula is C24H22BrNO6. The molecule has 1 amide bonds. The van der Waals surface area contributed by atoms with E-state index < -0.39 is 23.7 Å². The summed E-state index contributed by atoms with van der Waals surface area (Å²) in [5, 5.41) is 11.0. The fraction of sp³-hybridized carbons (Fsp3) is 0.292. The number of ketones is 1. The summed E-state index contributed by atoms with van der Waals surface area (Å²) in [5.74, 6) is -2.15. The first-order valence-corrected chi connectivity index (χ1v) is 11.0. The fourth-order valence-corrected chi connectivity index (χ4v) is 4.37. The molecule has 0 spiro atoms. The third-order valence-corrected chi connectivity index (χ3v) is 6.26. The largest absolute Gasteiger partial charge is 0.507 e. The first-order valence-electron chi connectivity index (χ1n) is 10.2. The predicted octanol–water partition coefficient (Wildman–Crippen LogP) is 3.84. The third kappa shape index (κ3) is 4.20. The second-order valence-electron chi connectivity index (χ2n) is 7.71. The Labute approximate surface area is 193 Å². The van der Waals surface area contributed by atoms with E-state index in [2.05, 4.69) is 15.9 Å². The van der Waals surface area contributed by atoms with Crippen molar-refractivity contribution in [3.05, 3.63) is 75.3 Å². The molecular weight excluding hydrogens is 478 g/mol. The lowest BCUT2D eigenvalue weighted by Gasteiger charge is -2.27. The Kier molecular flexibility index (Phi) is 6.43. The van der Waals surface area contributed by atoms with Crippen LogP contribution in [-0.2, 0) is 19.1 Å². The Bertz CT molecular complexity index is 1070. The Morgan fingerprint density at radius 2 is 1.78 bits per heavy atom. The third-order valence-electron chi connectivity index (χ3n) is 5.73. The zero-order valence-corrected chi connectivity index (χ0v) is 19.0. The number of esters is 1. The number of nitrogens with zero attached hydrogens (tertiary/aromatic N) is 1. The SMILES string of the molecule is COC(=O)c1ccc(C2/C(=C(\O)c3ccc(Br)cc3)C(=O)C(=O)N2CC2CCCO2)cc1. The summed E-state index contributed by atoms with van der Waals surface area (Å²) in [7, 11) is 1.30. The first kappa shape index (κ1) is 22.2. The molecule has 1 N–H and O–H groups in total. The van der Waals surface area contributed by atoms with Crippen molar-refractivity contribution < 1.29 is 29.0 Å². The number of likely N-dealkylation sites (tertiary alicyclic amines) is 1. The summed E-state index contributed by atoms with van der Waals surface area (Å²) in [6.45, 7) is 0.858. The van der Waals surface area contributed by atoms with Crippen LogP contribution in [0.1, 0.15) is 40.4 Å². The van der Waals surface area contributed by atoms with Crippen LogP contribution in [0.2, 0.25) is 0 Å². The number of benzene rings is 2. The Morgan fingerprint density at radius 3 is 2.38 bits per heavy atom. The molecule has 2 aliphatic heterocycles. The van der Waals surface area contributed by atoms with Gasteiger partial charge < -0.3 is 19.5 Å². The average Bonchev–Trinajstić information content (AvgIpc) is 3.41. The van der Waals surface area contributed by atoms with Gasteiger partial charge in [0.15, 0.2) is 0 Å². The van der Waals surface area contributed by atoms with Crippen LogP contribution in [0.25, 0.3) is 5.76 Å². The molecule has 2 unspecified atom stereocenters. The van der Waals surface area contributed by atoms with Gasteiger partial charge in [-0.05, 0) is 42.7 Å². The molecule has 2 fully saturated rings. The standard InChI is InChI=1S/C24H22BrNO6/c1-31-24(30)16-6-4-14(5-7-16)20-19(21(27)15-8-10-17(25)11-9-15)22(28)23(29)26(20)13-18-3-2-12-32-18/h4-11,18,20,27H,2-3,12-13H2,1H3/b21-19+. The van der Waals surface area contributed by atoms with Gasteiger partial charge in [-0.1, -0.05) is 40.2 Å². The van der Waals surface area contributed by atoms with E-state index in [1.807, 2.05) is 0 Å². The molecule has 7 nitrogen and oxygen atoms in total. The molecule has 0 radical (unpaired) electrons. The van der Waals surface area contributed by atoms with Crippen molar-refractivity contribution in [1.82, 2.24) is 4.90 Å². The highest BCUT2D eigenvalue weighted by molar-refractivity contribution is 9.10. The van der Waals surface area contributed by atoms with Gasteiger partial charge in [-0.3, -0.25) is 9.59 Å². The lowest BCUT2D eigenvalue weighted by molar-refractivity contribution is -0.140. The fourth-order valence-electron chi connectivity index (χ4n) is 4.11. The summed E-state index contributed by atoms with van der Waals surface area (Å²) in [6, 6.07) is 12.5. The zero-order valence-electron chi connectivity index (χ0n) is 17.4. The number of halogens is 1. The molecule has 4 rings (SSSR count). The molecule has 2 heterocycles. The second kappa shape index (κ2) is 9.26. The van der Waals surface area contributed by atoms with E-state index in [4.69, 9.17) is 9.47 Å². The number of hydrogen-bond acceptors (Lipinski definition) is 6. The van der Waals surface area contributed by atoms with Crippen molar-refractivity contribution in [2.45, 2.75) is 25.0 Å². The monoisotopic (exact) mass is 499 g/mol. The van der Waals surface area contributed by atoms with Crippen molar-refractivity contribution in [2.24, 2.45) is 0 Å². The van der Waals surface area contributed by atoms with Crippen LogP contribution in [-0.4, -0.2) is 54.0 Å². The minimum atomic E-state index is -0.797. The number of hydrogen-bond donors (Lipinski definition) is 1. The number of carbonyl (C=O) groups excluding carboxylic acids is 3. The number of methoxy groups -OCH3 is 1. The molecule has 0 saturated carbocycles. The van der Waals surface area contributed by atoms with Gasteiger partial charge in [0.25, 0.3) is 11.7 Å². The minimum Gasteiger partial charge on any atom is -0.507 e. The van der Waals surface area contributed by atoms with E-state index in [1.165, 1.54) is 12.0 Å². The number of Topliss-reactive ketones (excluding diaryl/α,β-unsaturated/α-hetero) is 1. The lowest BCUT2D eigenvalue weighted by Crippen LogP contribution is -2.36. The van der Waals surface area contributed by atoms with Crippen molar-refractivity contribution in [3.8, 4) is 0 Å². The van der Waals surface area contributed by atoms with Crippen LogP contribution < -0.4 is 0 Å². The van der Waals surface area contributed by atoms with Crippen LogP contribution in [0, 0.1) is 0 Å². The van der Waals surface area contributed by atoms with Gasteiger partial charge in [0.1, 0.15) is 5.76 Å². The molecule has 2 atom stereocenters. The minimum absolute atomic E-state index is 0.0149. The number of carbonyl (C=O) groups is 3.